The zero-order chi connectivity index (χ0) is 11.3. The van der Waals surface area contributed by atoms with Crippen LogP contribution in [0.25, 0.3) is 0 Å². The van der Waals surface area contributed by atoms with Gasteiger partial charge in [-0.15, -0.1) is 0 Å². The van der Waals surface area contributed by atoms with E-state index in [2.05, 4.69) is 43.4 Å². The van der Waals surface area contributed by atoms with Crippen LogP contribution in [0.2, 0.25) is 0 Å². The fraction of sp³-hybridized carbons (Fsp3) is 0.538. The van der Waals surface area contributed by atoms with E-state index in [0.29, 0.717) is 12.0 Å². The van der Waals surface area contributed by atoms with Crippen LogP contribution < -0.4 is 11.1 Å². The van der Waals surface area contributed by atoms with E-state index in [0.717, 1.165) is 13.0 Å². The van der Waals surface area contributed by atoms with Crippen LogP contribution in [0.1, 0.15) is 30.5 Å². The molecule has 2 heteroatoms. The third-order valence-corrected chi connectivity index (χ3v) is 3.13. The maximum absolute atomic E-state index is 5.81. The third kappa shape index (κ3) is 2.80. The first-order chi connectivity index (χ1) is 7.24. The highest BCUT2D eigenvalue weighted by atomic mass is 14.9. The first-order valence-corrected chi connectivity index (χ1v) is 5.67. The lowest BCUT2D eigenvalue weighted by molar-refractivity contribution is 0.377. The molecule has 0 fully saturated rings. The standard InChI is InChI=1S/C13H22N2/c1-4-11(9-14)13(15-3)12-8-6-5-7-10(12)2/h5-8,11,13,15H,4,9,14H2,1-3H3. The monoisotopic (exact) mass is 206 g/mol. The summed E-state index contributed by atoms with van der Waals surface area (Å²) in [6.45, 7) is 5.08. The summed E-state index contributed by atoms with van der Waals surface area (Å²) in [4.78, 5) is 0. The molecule has 3 N–H and O–H groups in total. The van der Waals surface area contributed by atoms with Gasteiger partial charge in [-0.25, -0.2) is 0 Å². The van der Waals surface area contributed by atoms with E-state index in [1.54, 1.807) is 0 Å². The van der Waals surface area contributed by atoms with Gasteiger partial charge >= 0.3 is 0 Å². The van der Waals surface area contributed by atoms with Crippen molar-refractivity contribution in [1.29, 1.82) is 0 Å². The molecule has 0 amide bonds. The first kappa shape index (κ1) is 12.2. The topological polar surface area (TPSA) is 38.0 Å². The second-order valence-electron chi connectivity index (χ2n) is 4.03. The molecule has 0 saturated heterocycles. The van der Waals surface area contributed by atoms with Crippen LogP contribution in [0.4, 0.5) is 0 Å². The molecule has 0 bridgehead atoms. The molecule has 2 atom stereocenters. The molecule has 0 aliphatic heterocycles. The molecule has 0 heterocycles. The van der Waals surface area contributed by atoms with Crippen LogP contribution in [-0.2, 0) is 0 Å². The quantitative estimate of drug-likeness (QED) is 0.775. The van der Waals surface area contributed by atoms with Crippen molar-refractivity contribution in [3.63, 3.8) is 0 Å². The molecule has 15 heavy (non-hydrogen) atoms. The van der Waals surface area contributed by atoms with Gasteiger partial charge in [-0.05, 0) is 37.6 Å². The summed E-state index contributed by atoms with van der Waals surface area (Å²) in [5.74, 6) is 0.510. The van der Waals surface area contributed by atoms with Gasteiger partial charge in [-0.1, -0.05) is 37.6 Å². The Morgan fingerprint density at radius 3 is 2.47 bits per heavy atom. The van der Waals surface area contributed by atoms with Crippen LogP contribution in [0.3, 0.4) is 0 Å². The minimum atomic E-state index is 0.376. The van der Waals surface area contributed by atoms with Crippen molar-refractivity contribution in [1.82, 2.24) is 5.32 Å². The van der Waals surface area contributed by atoms with E-state index in [-0.39, 0.29) is 0 Å². The third-order valence-electron chi connectivity index (χ3n) is 3.13. The van der Waals surface area contributed by atoms with Gasteiger partial charge in [0.1, 0.15) is 0 Å². The van der Waals surface area contributed by atoms with E-state index < -0.39 is 0 Å². The fourth-order valence-electron chi connectivity index (χ4n) is 2.12. The van der Waals surface area contributed by atoms with Gasteiger partial charge in [0.15, 0.2) is 0 Å². The van der Waals surface area contributed by atoms with E-state index >= 15 is 0 Å². The van der Waals surface area contributed by atoms with Crippen molar-refractivity contribution >= 4 is 0 Å². The Morgan fingerprint density at radius 2 is 2.00 bits per heavy atom. The number of aryl methyl sites for hydroxylation is 1. The van der Waals surface area contributed by atoms with Crippen molar-refractivity contribution < 1.29 is 0 Å². The van der Waals surface area contributed by atoms with Gasteiger partial charge in [0.05, 0.1) is 0 Å². The fourth-order valence-corrected chi connectivity index (χ4v) is 2.12. The minimum absolute atomic E-state index is 0.376. The molecular weight excluding hydrogens is 184 g/mol. The van der Waals surface area contributed by atoms with Crippen molar-refractivity contribution in [3.8, 4) is 0 Å². The molecule has 0 aliphatic rings. The summed E-state index contributed by atoms with van der Waals surface area (Å²) in [5, 5.41) is 3.38. The van der Waals surface area contributed by atoms with Crippen molar-refractivity contribution in [2.75, 3.05) is 13.6 Å². The normalized spacial score (nSPS) is 14.9. The maximum atomic E-state index is 5.81. The molecule has 1 aromatic carbocycles. The molecule has 0 aromatic heterocycles. The Balaban J connectivity index is 2.96. The van der Waals surface area contributed by atoms with E-state index in [9.17, 15) is 0 Å². The molecule has 0 aliphatic carbocycles. The predicted octanol–water partition coefficient (Wildman–Crippen LogP) is 2.24. The van der Waals surface area contributed by atoms with Crippen molar-refractivity contribution in [2.45, 2.75) is 26.3 Å². The SMILES string of the molecule is CCC(CN)C(NC)c1ccccc1C. The van der Waals surface area contributed by atoms with Gasteiger partial charge in [0.2, 0.25) is 0 Å². The molecular formula is C13H22N2. The van der Waals surface area contributed by atoms with Crippen LogP contribution in [-0.4, -0.2) is 13.6 Å². The maximum Gasteiger partial charge on any atom is 0.0360 e. The van der Waals surface area contributed by atoms with Gasteiger partial charge in [0.25, 0.3) is 0 Å². The second kappa shape index (κ2) is 5.89. The van der Waals surface area contributed by atoms with Crippen LogP contribution in [0.15, 0.2) is 24.3 Å². The van der Waals surface area contributed by atoms with Gasteiger partial charge in [0, 0.05) is 6.04 Å². The summed E-state index contributed by atoms with van der Waals surface area (Å²) in [5.41, 5.74) is 8.52. The number of hydrogen-bond donors (Lipinski definition) is 2. The molecule has 84 valence electrons. The lowest BCUT2D eigenvalue weighted by Gasteiger charge is -2.26. The van der Waals surface area contributed by atoms with Gasteiger partial charge in [-0.3, -0.25) is 0 Å². The highest BCUT2D eigenvalue weighted by molar-refractivity contribution is 5.29. The van der Waals surface area contributed by atoms with E-state index in [4.69, 9.17) is 5.73 Å². The number of rotatable bonds is 5. The number of nitrogens with one attached hydrogen (secondary N) is 1. The molecule has 1 rings (SSSR count). The largest absolute Gasteiger partial charge is 0.330 e. The highest BCUT2D eigenvalue weighted by Crippen LogP contribution is 2.25. The molecule has 0 radical (unpaired) electrons. The summed E-state index contributed by atoms with van der Waals surface area (Å²) < 4.78 is 0. The Kier molecular flexibility index (Phi) is 4.79. The lowest BCUT2D eigenvalue weighted by Crippen LogP contribution is -2.30. The van der Waals surface area contributed by atoms with E-state index in [1.807, 2.05) is 7.05 Å². The molecule has 1 aromatic rings. The summed E-state index contributed by atoms with van der Waals surface area (Å²) in [6.07, 6.45) is 1.11. The zero-order valence-corrected chi connectivity index (χ0v) is 9.96. The summed E-state index contributed by atoms with van der Waals surface area (Å²) in [7, 11) is 2.01. The zero-order valence-electron chi connectivity index (χ0n) is 9.96. The minimum Gasteiger partial charge on any atom is -0.330 e. The van der Waals surface area contributed by atoms with Crippen LogP contribution in [0.5, 0.6) is 0 Å². The molecule has 0 saturated carbocycles. The average molecular weight is 206 g/mol. The van der Waals surface area contributed by atoms with Crippen LogP contribution in [0, 0.1) is 12.8 Å². The van der Waals surface area contributed by atoms with Gasteiger partial charge < -0.3 is 11.1 Å². The number of hydrogen-bond acceptors (Lipinski definition) is 2. The van der Waals surface area contributed by atoms with E-state index in [1.165, 1.54) is 11.1 Å². The van der Waals surface area contributed by atoms with Crippen LogP contribution >= 0.6 is 0 Å². The number of benzene rings is 1. The Labute approximate surface area is 92.9 Å². The Bertz CT molecular complexity index is 292. The molecule has 2 nitrogen and oxygen atoms in total. The van der Waals surface area contributed by atoms with Crippen molar-refractivity contribution in [2.24, 2.45) is 11.7 Å². The first-order valence-electron chi connectivity index (χ1n) is 5.67. The lowest BCUT2D eigenvalue weighted by atomic mass is 9.89. The van der Waals surface area contributed by atoms with Gasteiger partial charge in [-0.2, -0.15) is 0 Å². The smallest absolute Gasteiger partial charge is 0.0360 e. The predicted molar refractivity (Wildman–Crippen MR) is 65.8 cm³/mol. The summed E-state index contributed by atoms with van der Waals surface area (Å²) in [6, 6.07) is 8.89. The molecule has 0 spiro atoms. The Morgan fingerprint density at radius 1 is 1.33 bits per heavy atom. The van der Waals surface area contributed by atoms with Crippen molar-refractivity contribution in [3.05, 3.63) is 35.4 Å². The highest BCUT2D eigenvalue weighted by Gasteiger charge is 2.19. The number of nitrogens with two attached hydrogens (primary N) is 1. The second-order valence-corrected chi connectivity index (χ2v) is 4.03. The Hall–Kier alpha value is -0.860. The summed E-state index contributed by atoms with van der Waals surface area (Å²) >= 11 is 0. The molecule has 2 unspecified atom stereocenters. The average Bonchev–Trinajstić information content (AvgIpc) is 2.27.